The standard InChI is InChI=1S/C19H18BrN3O2S/c1-25-16-5-3-2-4-14(16)18(24)22-8-10-23(11-9-22)19-21-15-7-6-13(20)12-17(15)26-19/h2-7,12H,8-11H2,1H3. The van der Waals surface area contributed by atoms with Crippen molar-refractivity contribution in [3.8, 4) is 5.75 Å². The van der Waals surface area contributed by atoms with E-state index in [2.05, 4.69) is 26.9 Å². The SMILES string of the molecule is COc1ccccc1C(=O)N1CCN(c2nc3ccc(Br)cc3s2)CC1. The lowest BCUT2D eigenvalue weighted by Crippen LogP contribution is -2.48. The van der Waals surface area contributed by atoms with Crippen LogP contribution >= 0.6 is 27.3 Å². The van der Waals surface area contributed by atoms with E-state index in [1.807, 2.05) is 41.3 Å². The van der Waals surface area contributed by atoms with Gasteiger partial charge in [-0.25, -0.2) is 4.98 Å². The summed E-state index contributed by atoms with van der Waals surface area (Å²) in [5, 5.41) is 1.02. The molecule has 5 nitrogen and oxygen atoms in total. The lowest BCUT2D eigenvalue weighted by molar-refractivity contribution is 0.0743. The Labute approximate surface area is 164 Å². The first-order valence-electron chi connectivity index (χ1n) is 8.39. The molecule has 0 radical (unpaired) electrons. The zero-order valence-electron chi connectivity index (χ0n) is 14.3. The summed E-state index contributed by atoms with van der Waals surface area (Å²) in [6.45, 7) is 2.91. The van der Waals surface area contributed by atoms with Crippen molar-refractivity contribution in [2.75, 3.05) is 38.2 Å². The molecule has 2 aromatic carbocycles. The summed E-state index contributed by atoms with van der Waals surface area (Å²) in [5.74, 6) is 0.645. The molecule has 1 aliphatic rings. The minimum Gasteiger partial charge on any atom is -0.496 e. The van der Waals surface area contributed by atoms with Crippen molar-refractivity contribution in [2.24, 2.45) is 0 Å². The largest absolute Gasteiger partial charge is 0.496 e. The highest BCUT2D eigenvalue weighted by Crippen LogP contribution is 2.31. The highest BCUT2D eigenvalue weighted by atomic mass is 79.9. The number of anilines is 1. The van der Waals surface area contributed by atoms with Gasteiger partial charge in [0.25, 0.3) is 5.91 Å². The molecule has 1 amide bonds. The Morgan fingerprint density at radius 3 is 2.69 bits per heavy atom. The maximum Gasteiger partial charge on any atom is 0.257 e. The van der Waals surface area contributed by atoms with E-state index in [4.69, 9.17) is 9.72 Å². The lowest BCUT2D eigenvalue weighted by Gasteiger charge is -2.34. The quantitative estimate of drug-likeness (QED) is 0.627. The third-order valence-electron chi connectivity index (χ3n) is 4.51. The molecule has 3 aromatic rings. The predicted molar refractivity (Wildman–Crippen MR) is 108 cm³/mol. The zero-order valence-corrected chi connectivity index (χ0v) is 16.7. The molecule has 2 heterocycles. The smallest absolute Gasteiger partial charge is 0.257 e. The second-order valence-corrected chi connectivity index (χ2v) is 8.01. The Morgan fingerprint density at radius 1 is 1.15 bits per heavy atom. The van der Waals surface area contributed by atoms with Crippen molar-refractivity contribution in [3.63, 3.8) is 0 Å². The minimum absolute atomic E-state index is 0.0235. The van der Waals surface area contributed by atoms with Gasteiger partial charge < -0.3 is 14.5 Å². The summed E-state index contributed by atoms with van der Waals surface area (Å²) < 4.78 is 7.55. The van der Waals surface area contributed by atoms with Crippen molar-refractivity contribution >= 4 is 48.5 Å². The number of thiazole rings is 1. The third kappa shape index (κ3) is 3.29. The molecule has 0 aliphatic carbocycles. The number of carbonyl (C=O) groups is 1. The number of halogens is 1. The Balaban J connectivity index is 1.47. The lowest BCUT2D eigenvalue weighted by atomic mass is 10.1. The number of rotatable bonds is 3. The zero-order chi connectivity index (χ0) is 18.1. The number of nitrogens with zero attached hydrogens (tertiary/aromatic N) is 3. The fourth-order valence-electron chi connectivity index (χ4n) is 3.11. The molecule has 0 unspecified atom stereocenters. The van der Waals surface area contributed by atoms with Crippen LogP contribution in [0.2, 0.25) is 0 Å². The number of piperazine rings is 1. The van der Waals surface area contributed by atoms with E-state index in [1.54, 1.807) is 18.4 Å². The fourth-order valence-corrected chi connectivity index (χ4v) is 4.68. The molecule has 1 aromatic heterocycles. The molecule has 0 bridgehead atoms. The summed E-state index contributed by atoms with van der Waals surface area (Å²) >= 11 is 5.20. The number of fused-ring (bicyclic) bond motifs is 1. The Morgan fingerprint density at radius 2 is 1.92 bits per heavy atom. The van der Waals surface area contributed by atoms with Crippen molar-refractivity contribution in [1.29, 1.82) is 0 Å². The molecule has 0 spiro atoms. The van der Waals surface area contributed by atoms with Gasteiger partial charge in [-0.1, -0.05) is 39.4 Å². The van der Waals surface area contributed by atoms with Crippen LogP contribution in [0.25, 0.3) is 10.2 Å². The highest BCUT2D eigenvalue weighted by molar-refractivity contribution is 9.10. The molecular weight excluding hydrogens is 414 g/mol. The van der Waals surface area contributed by atoms with Gasteiger partial charge in [0.2, 0.25) is 0 Å². The average Bonchev–Trinajstić information content (AvgIpc) is 3.10. The van der Waals surface area contributed by atoms with Crippen LogP contribution in [0, 0.1) is 0 Å². The predicted octanol–water partition coefficient (Wildman–Crippen LogP) is 4.03. The van der Waals surface area contributed by atoms with Gasteiger partial charge in [0.1, 0.15) is 5.75 Å². The number of para-hydroxylation sites is 1. The number of ether oxygens (including phenoxy) is 1. The molecule has 0 saturated carbocycles. The fraction of sp³-hybridized carbons (Fsp3) is 0.263. The average molecular weight is 432 g/mol. The Kier molecular flexibility index (Phi) is 4.82. The molecule has 4 rings (SSSR count). The van der Waals surface area contributed by atoms with E-state index in [1.165, 1.54) is 4.70 Å². The first-order valence-corrected chi connectivity index (χ1v) is 10.00. The Bertz CT molecular complexity index is 951. The maximum atomic E-state index is 12.8. The molecule has 7 heteroatoms. The summed E-state index contributed by atoms with van der Waals surface area (Å²) in [4.78, 5) is 21.7. The monoisotopic (exact) mass is 431 g/mol. The van der Waals surface area contributed by atoms with Gasteiger partial charge in [0, 0.05) is 30.7 Å². The van der Waals surface area contributed by atoms with E-state index in [-0.39, 0.29) is 5.91 Å². The van der Waals surface area contributed by atoms with Crippen molar-refractivity contribution in [1.82, 2.24) is 9.88 Å². The van der Waals surface area contributed by atoms with Crippen LogP contribution in [0.5, 0.6) is 5.75 Å². The van der Waals surface area contributed by atoms with Gasteiger partial charge in [-0.05, 0) is 30.3 Å². The molecule has 0 N–H and O–H groups in total. The molecule has 1 aliphatic heterocycles. The van der Waals surface area contributed by atoms with Crippen LogP contribution in [0.4, 0.5) is 5.13 Å². The van der Waals surface area contributed by atoms with Crippen LogP contribution in [0.15, 0.2) is 46.9 Å². The maximum absolute atomic E-state index is 12.8. The minimum atomic E-state index is 0.0235. The van der Waals surface area contributed by atoms with E-state index in [0.29, 0.717) is 24.4 Å². The number of hydrogen-bond donors (Lipinski definition) is 0. The van der Waals surface area contributed by atoms with Gasteiger partial charge in [-0.3, -0.25) is 4.79 Å². The van der Waals surface area contributed by atoms with Gasteiger partial charge in [0.05, 0.1) is 22.9 Å². The van der Waals surface area contributed by atoms with Crippen molar-refractivity contribution in [3.05, 3.63) is 52.5 Å². The molecule has 1 saturated heterocycles. The number of methoxy groups -OCH3 is 1. The summed E-state index contributed by atoms with van der Waals surface area (Å²) in [6.07, 6.45) is 0. The molecular formula is C19H18BrN3O2S. The summed E-state index contributed by atoms with van der Waals surface area (Å²) in [5.41, 5.74) is 1.63. The molecule has 134 valence electrons. The van der Waals surface area contributed by atoms with Crippen LogP contribution in [-0.4, -0.2) is 49.1 Å². The number of benzene rings is 2. The Hall–Kier alpha value is -2.12. The summed E-state index contributed by atoms with van der Waals surface area (Å²) in [6, 6.07) is 13.5. The van der Waals surface area contributed by atoms with Crippen LogP contribution in [0.1, 0.15) is 10.4 Å². The molecule has 1 fully saturated rings. The second-order valence-electron chi connectivity index (χ2n) is 6.09. The first-order chi connectivity index (χ1) is 12.7. The molecule has 26 heavy (non-hydrogen) atoms. The number of amides is 1. The van der Waals surface area contributed by atoms with Gasteiger partial charge in [-0.15, -0.1) is 0 Å². The van der Waals surface area contributed by atoms with Crippen molar-refractivity contribution < 1.29 is 9.53 Å². The van der Waals surface area contributed by atoms with Crippen LogP contribution in [-0.2, 0) is 0 Å². The topological polar surface area (TPSA) is 45.7 Å². The van der Waals surface area contributed by atoms with E-state index >= 15 is 0 Å². The van der Waals surface area contributed by atoms with E-state index in [9.17, 15) is 4.79 Å². The molecule has 0 atom stereocenters. The van der Waals surface area contributed by atoms with Gasteiger partial charge in [0.15, 0.2) is 5.13 Å². The van der Waals surface area contributed by atoms with Gasteiger partial charge >= 0.3 is 0 Å². The number of hydrogen-bond acceptors (Lipinski definition) is 5. The highest BCUT2D eigenvalue weighted by Gasteiger charge is 2.25. The van der Waals surface area contributed by atoms with Crippen LogP contribution in [0.3, 0.4) is 0 Å². The van der Waals surface area contributed by atoms with E-state index < -0.39 is 0 Å². The van der Waals surface area contributed by atoms with Crippen molar-refractivity contribution in [2.45, 2.75) is 0 Å². The third-order valence-corrected chi connectivity index (χ3v) is 6.09. The number of carbonyl (C=O) groups excluding carboxylic acids is 1. The van der Waals surface area contributed by atoms with Crippen LogP contribution < -0.4 is 9.64 Å². The summed E-state index contributed by atoms with van der Waals surface area (Å²) in [7, 11) is 1.59. The normalized spacial score (nSPS) is 14.7. The first kappa shape index (κ1) is 17.3. The number of aromatic nitrogens is 1. The van der Waals surface area contributed by atoms with Gasteiger partial charge in [-0.2, -0.15) is 0 Å². The second kappa shape index (κ2) is 7.25. The van der Waals surface area contributed by atoms with E-state index in [0.717, 1.165) is 28.2 Å².